The second-order valence-corrected chi connectivity index (χ2v) is 7.20. The molecule has 7 heteroatoms. The van der Waals surface area contributed by atoms with E-state index in [-0.39, 0.29) is 0 Å². The van der Waals surface area contributed by atoms with Gasteiger partial charge in [-0.25, -0.2) is 9.59 Å². The minimum absolute atomic E-state index is 0.411. The molecule has 0 spiro atoms. The lowest BCUT2D eigenvalue weighted by molar-refractivity contribution is 0.0624. The van der Waals surface area contributed by atoms with Gasteiger partial charge in [0.05, 0.1) is 5.69 Å². The average Bonchev–Trinajstić information content (AvgIpc) is 2.35. The summed E-state index contributed by atoms with van der Waals surface area (Å²) in [6.45, 7) is 10.6. The highest BCUT2D eigenvalue weighted by Crippen LogP contribution is 2.21. The Bertz CT molecular complexity index is 628. The predicted octanol–water partition coefficient (Wildman–Crippen LogP) is 4.38. The van der Waals surface area contributed by atoms with Crippen LogP contribution < -0.4 is 10.6 Å². The van der Waals surface area contributed by atoms with Crippen LogP contribution in [0.4, 0.5) is 21.0 Å². The van der Waals surface area contributed by atoms with Crippen LogP contribution in [0.2, 0.25) is 0 Å². The van der Waals surface area contributed by atoms with Crippen molar-refractivity contribution in [1.82, 2.24) is 0 Å². The van der Waals surface area contributed by atoms with Crippen molar-refractivity contribution in [2.75, 3.05) is 10.6 Å². The number of ether oxygens (including phenoxy) is 2. The lowest BCUT2D eigenvalue weighted by atomic mass is 10.1. The minimum Gasteiger partial charge on any atom is -0.444 e. The highest BCUT2D eigenvalue weighted by molar-refractivity contribution is 5.96. The summed E-state index contributed by atoms with van der Waals surface area (Å²) >= 11 is 0. The van der Waals surface area contributed by atoms with E-state index in [1.807, 2.05) is 0 Å². The Hall–Kier alpha value is -2.57. The van der Waals surface area contributed by atoms with E-state index in [1.54, 1.807) is 59.7 Å². The van der Waals surface area contributed by atoms with Crippen LogP contribution in [0.3, 0.4) is 0 Å². The van der Waals surface area contributed by atoms with E-state index in [1.165, 1.54) is 0 Å². The predicted molar refractivity (Wildman–Crippen MR) is 94.0 cm³/mol. The molecule has 0 aliphatic heterocycles. The molecule has 24 heavy (non-hydrogen) atoms. The van der Waals surface area contributed by atoms with E-state index in [4.69, 9.17) is 14.9 Å². The van der Waals surface area contributed by atoms with Crippen molar-refractivity contribution >= 4 is 29.8 Å². The van der Waals surface area contributed by atoms with Gasteiger partial charge in [-0.15, -0.1) is 0 Å². The number of carbonyl (C=O) groups excluding carboxylic acids is 2. The highest BCUT2D eigenvalue weighted by Gasteiger charge is 2.18. The Balaban J connectivity index is 2.84. The lowest BCUT2D eigenvalue weighted by Gasteiger charge is -2.21. The third kappa shape index (κ3) is 7.13. The molecule has 2 amide bonds. The number of anilines is 2. The quantitative estimate of drug-likeness (QED) is 0.714. The van der Waals surface area contributed by atoms with Crippen molar-refractivity contribution in [2.24, 2.45) is 0 Å². The van der Waals surface area contributed by atoms with E-state index in [0.717, 1.165) is 6.21 Å². The molecule has 0 unspecified atom stereocenters. The van der Waals surface area contributed by atoms with Crippen molar-refractivity contribution in [3.05, 3.63) is 23.8 Å². The SMILES string of the molecule is CC(C)(C)OC(=O)Nc1ccc(NC(=O)OC(C)(C)C)c(C=N)c1. The lowest BCUT2D eigenvalue weighted by Crippen LogP contribution is -2.28. The summed E-state index contributed by atoms with van der Waals surface area (Å²) in [7, 11) is 0. The summed E-state index contributed by atoms with van der Waals surface area (Å²) in [5.41, 5.74) is 0.0701. The van der Waals surface area contributed by atoms with Crippen molar-refractivity contribution < 1.29 is 19.1 Å². The van der Waals surface area contributed by atoms with Crippen LogP contribution in [0.25, 0.3) is 0 Å². The average molecular weight is 335 g/mol. The smallest absolute Gasteiger partial charge is 0.412 e. The summed E-state index contributed by atoms with van der Waals surface area (Å²) < 4.78 is 10.3. The van der Waals surface area contributed by atoms with E-state index in [2.05, 4.69) is 10.6 Å². The fourth-order valence-corrected chi connectivity index (χ4v) is 1.71. The molecule has 0 aromatic heterocycles. The molecule has 0 saturated carbocycles. The van der Waals surface area contributed by atoms with Crippen LogP contribution in [0.5, 0.6) is 0 Å². The summed E-state index contributed by atoms with van der Waals surface area (Å²) in [6, 6.07) is 4.74. The van der Waals surface area contributed by atoms with Gasteiger partial charge in [0, 0.05) is 17.5 Å². The van der Waals surface area contributed by atoms with Crippen molar-refractivity contribution in [3.63, 3.8) is 0 Å². The summed E-state index contributed by atoms with van der Waals surface area (Å²) in [4.78, 5) is 23.6. The molecule has 0 heterocycles. The molecular formula is C17H25N3O4. The highest BCUT2D eigenvalue weighted by atomic mass is 16.6. The molecule has 0 radical (unpaired) electrons. The topological polar surface area (TPSA) is 101 Å². The first-order valence-electron chi connectivity index (χ1n) is 7.54. The second-order valence-electron chi connectivity index (χ2n) is 7.20. The van der Waals surface area contributed by atoms with Crippen LogP contribution in [0.15, 0.2) is 18.2 Å². The molecule has 1 rings (SSSR count). The van der Waals surface area contributed by atoms with Gasteiger partial charge in [0.15, 0.2) is 0 Å². The van der Waals surface area contributed by atoms with Crippen LogP contribution in [-0.2, 0) is 9.47 Å². The zero-order chi connectivity index (χ0) is 18.5. The Morgan fingerprint density at radius 2 is 1.46 bits per heavy atom. The van der Waals surface area contributed by atoms with Gasteiger partial charge in [-0.2, -0.15) is 0 Å². The largest absolute Gasteiger partial charge is 0.444 e. The maximum Gasteiger partial charge on any atom is 0.412 e. The van der Waals surface area contributed by atoms with E-state index in [9.17, 15) is 9.59 Å². The van der Waals surface area contributed by atoms with Crippen molar-refractivity contribution in [1.29, 1.82) is 5.41 Å². The van der Waals surface area contributed by atoms with E-state index < -0.39 is 23.4 Å². The maximum absolute atomic E-state index is 11.8. The Kier molecular flexibility index (Phi) is 5.95. The zero-order valence-electron chi connectivity index (χ0n) is 14.9. The normalized spacial score (nSPS) is 11.4. The number of hydrogen-bond donors (Lipinski definition) is 3. The molecule has 0 atom stereocenters. The third-order valence-electron chi connectivity index (χ3n) is 2.49. The fraction of sp³-hybridized carbons (Fsp3) is 0.471. The standard InChI is InChI=1S/C17H25N3O4/c1-16(2,3)23-14(21)19-12-7-8-13(11(9-12)10-18)20-15(22)24-17(4,5)6/h7-10,18H,1-6H3,(H,19,21)(H,20,22). The molecule has 7 nitrogen and oxygen atoms in total. The molecule has 0 saturated heterocycles. The Morgan fingerprint density at radius 3 is 1.92 bits per heavy atom. The van der Waals surface area contributed by atoms with Gasteiger partial charge in [-0.1, -0.05) is 0 Å². The molecule has 0 bridgehead atoms. The van der Waals surface area contributed by atoms with Gasteiger partial charge in [0.25, 0.3) is 0 Å². The van der Waals surface area contributed by atoms with E-state index in [0.29, 0.717) is 16.9 Å². The number of carbonyl (C=O) groups is 2. The molecular weight excluding hydrogens is 310 g/mol. The zero-order valence-corrected chi connectivity index (χ0v) is 14.9. The maximum atomic E-state index is 11.8. The van der Waals surface area contributed by atoms with E-state index >= 15 is 0 Å². The van der Waals surface area contributed by atoms with Gasteiger partial charge >= 0.3 is 12.2 Å². The molecule has 1 aromatic rings. The van der Waals surface area contributed by atoms with Crippen LogP contribution >= 0.6 is 0 Å². The molecule has 0 aliphatic carbocycles. The van der Waals surface area contributed by atoms with Crippen molar-refractivity contribution in [2.45, 2.75) is 52.7 Å². The summed E-state index contributed by atoms with van der Waals surface area (Å²) in [5, 5.41) is 12.6. The Labute approximate surface area is 142 Å². The fourth-order valence-electron chi connectivity index (χ4n) is 1.71. The van der Waals surface area contributed by atoms with Crippen LogP contribution in [0, 0.1) is 5.41 Å². The second kappa shape index (κ2) is 7.33. The molecule has 0 aliphatic rings. The third-order valence-corrected chi connectivity index (χ3v) is 2.49. The number of benzene rings is 1. The van der Waals surface area contributed by atoms with Gasteiger partial charge < -0.3 is 14.9 Å². The van der Waals surface area contributed by atoms with Gasteiger partial charge in [0.1, 0.15) is 11.2 Å². The first-order chi connectivity index (χ1) is 10.9. The molecule has 3 N–H and O–H groups in total. The first kappa shape index (κ1) is 19.5. The number of nitrogens with one attached hydrogen (secondary N) is 3. The van der Waals surface area contributed by atoms with Crippen molar-refractivity contribution in [3.8, 4) is 0 Å². The minimum atomic E-state index is -0.618. The molecule has 1 aromatic carbocycles. The number of amides is 2. The molecule has 0 fully saturated rings. The monoisotopic (exact) mass is 335 g/mol. The molecule has 132 valence electrons. The summed E-state index contributed by atoms with van der Waals surface area (Å²) in [5.74, 6) is 0. The van der Waals surface area contributed by atoms with Gasteiger partial charge in [-0.05, 0) is 59.7 Å². The first-order valence-corrected chi connectivity index (χ1v) is 7.54. The van der Waals surface area contributed by atoms with Crippen LogP contribution in [0.1, 0.15) is 47.1 Å². The Morgan fingerprint density at radius 1 is 0.958 bits per heavy atom. The van der Waals surface area contributed by atoms with Gasteiger partial charge in [0.2, 0.25) is 0 Å². The summed E-state index contributed by atoms with van der Waals surface area (Å²) in [6.07, 6.45) is -0.128. The van der Waals surface area contributed by atoms with Gasteiger partial charge in [-0.3, -0.25) is 10.6 Å². The van der Waals surface area contributed by atoms with Crippen LogP contribution in [-0.4, -0.2) is 29.6 Å². The number of hydrogen-bond acceptors (Lipinski definition) is 5. The number of rotatable bonds is 3.